The Balaban J connectivity index is 2.11. The molecule has 1 fully saturated rings. The predicted molar refractivity (Wildman–Crippen MR) is 79.5 cm³/mol. The van der Waals surface area contributed by atoms with E-state index in [4.69, 9.17) is 9.84 Å². The van der Waals surface area contributed by atoms with Crippen LogP contribution in [0.15, 0.2) is 11.4 Å². The maximum Gasteiger partial charge on any atom is 0.305 e. The Bertz CT molecular complexity index is 482. The number of hydrogen-bond donors (Lipinski definition) is 2. The summed E-state index contributed by atoms with van der Waals surface area (Å²) < 4.78 is 6.28. The van der Waals surface area contributed by atoms with Crippen LogP contribution in [-0.4, -0.2) is 35.7 Å². The van der Waals surface area contributed by atoms with Gasteiger partial charge in [0.2, 0.25) is 0 Å². The first-order chi connectivity index (χ1) is 9.01. The third-order valence-corrected chi connectivity index (χ3v) is 4.94. The van der Waals surface area contributed by atoms with E-state index >= 15 is 0 Å². The minimum Gasteiger partial charge on any atom is -0.481 e. The molecular formula is C12H14INO4S. The number of aliphatic carboxylic acids is 1. The van der Waals surface area contributed by atoms with Crippen LogP contribution in [-0.2, 0) is 9.53 Å². The highest BCUT2D eigenvalue weighted by atomic mass is 127. The third kappa shape index (κ3) is 3.90. The van der Waals surface area contributed by atoms with E-state index in [2.05, 4.69) is 27.9 Å². The van der Waals surface area contributed by atoms with Crippen molar-refractivity contribution < 1.29 is 19.4 Å². The molecule has 0 aliphatic carbocycles. The van der Waals surface area contributed by atoms with Gasteiger partial charge in [0, 0.05) is 18.6 Å². The average molecular weight is 395 g/mol. The molecule has 0 saturated carbocycles. The summed E-state index contributed by atoms with van der Waals surface area (Å²) in [6.07, 6.45) is 1.00. The fourth-order valence-corrected chi connectivity index (χ4v) is 3.47. The summed E-state index contributed by atoms with van der Waals surface area (Å²) in [5.74, 6) is -1.11. The van der Waals surface area contributed by atoms with Gasteiger partial charge in [0.1, 0.15) is 0 Å². The van der Waals surface area contributed by atoms with Crippen molar-refractivity contribution in [1.29, 1.82) is 0 Å². The zero-order valence-corrected chi connectivity index (χ0v) is 13.1. The van der Waals surface area contributed by atoms with Gasteiger partial charge in [0.25, 0.3) is 5.91 Å². The molecule has 1 aromatic heterocycles. The Morgan fingerprint density at radius 3 is 2.68 bits per heavy atom. The highest BCUT2D eigenvalue weighted by Gasteiger charge is 2.36. The molecule has 0 spiro atoms. The number of rotatable bonds is 4. The summed E-state index contributed by atoms with van der Waals surface area (Å²) in [5, 5.41) is 13.7. The molecule has 1 aliphatic heterocycles. The Hall–Kier alpha value is -0.670. The number of nitrogens with one attached hydrogen (secondary N) is 1. The van der Waals surface area contributed by atoms with E-state index in [1.807, 2.05) is 0 Å². The van der Waals surface area contributed by atoms with E-state index in [0.29, 0.717) is 31.6 Å². The molecule has 104 valence electrons. The van der Waals surface area contributed by atoms with Gasteiger partial charge in [-0.25, -0.2) is 0 Å². The van der Waals surface area contributed by atoms with E-state index in [1.165, 1.54) is 11.3 Å². The molecule has 19 heavy (non-hydrogen) atoms. The number of thiophene rings is 1. The molecule has 1 aromatic rings. The largest absolute Gasteiger partial charge is 0.481 e. The summed E-state index contributed by atoms with van der Waals surface area (Å²) in [6.45, 7) is 0.962. The van der Waals surface area contributed by atoms with Crippen molar-refractivity contribution in [1.82, 2.24) is 5.32 Å². The number of carbonyl (C=O) groups is 2. The summed E-state index contributed by atoms with van der Waals surface area (Å²) in [6, 6.07) is 1.80. The maximum absolute atomic E-state index is 12.2. The first kappa shape index (κ1) is 14.7. The summed E-state index contributed by atoms with van der Waals surface area (Å²) >= 11 is 3.65. The van der Waals surface area contributed by atoms with Gasteiger partial charge in [-0.05, 0) is 41.5 Å². The van der Waals surface area contributed by atoms with E-state index in [0.717, 1.165) is 2.88 Å². The van der Waals surface area contributed by atoms with Crippen LogP contribution in [0.2, 0.25) is 0 Å². The van der Waals surface area contributed by atoms with Crippen molar-refractivity contribution in [2.45, 2.75) is 24.8 Å². The first-order valence-electron chi connectivity index (χ1n) is 5.87. The fraction of sp³-hybridized carbons (Fsp3) is 0.500. The lowest BCUT2D eigenvalue weighted by Gasteiger charge is -2.36. The smallest absolute Gasteiger partial charge is 0.305 e. The molecule has 2 rings (SSSR count). The Morgan fingerprint density at radius 2 is 2.16 bits per heavy atom. The second-order valence-electron chi connectivity index (χ2n) is 4.56. The number of amides is 1. The third-order valence-electron chi connectivity index (χ3n) is 3.15. The van der Waals surface area contributed by atoms with Crippen molar-refractivity contribution in [3.05, 3.63) is 19.9 Å². The van der Waals surface area contributed by atoms with E-state index in [9.17, 15) is 9.59 Å². The Kier molecular flexibility index (Phi) is 4.80. The average Bonchev–Trinajstić information content (AvgIpc) is 2.76. The minimum atomic E-state index is -0.901. The molecule has 1 saturated heterocycles. The van der Waals surface area contributed by atoms with Gasteiger partial charge < -0.3 is 15.2 Å². The molecule has 5 nitrogen and oxygen atoms in total. The zero-order valence-electron chi connectivity index (χ0n) is 10.1. The van der Waals surface area contributed by atoms with Crippen LogP contribution < -0.4 is 5.32 Å². The lowest BCUT2D eigenvalue weighted by molar-refractivity contribution is -0.139. The number of carboxylic acids is 1. The van der Waals surface area contributed by atoms with Gasteiger partial charge in [-0.3, -0.25) is 9.59 Å². The quantitative estimate of drug-likeness (QED) is 0.766. The second kappa shape index (κ2) is 6.19. The number of halogens is 1. The summed E-state index contributed by atoms with van der Waals surface area (Å²) in [5.41, 5.74) is -0.0974. The zero-order chi connectivity index (χ0) is 13.9. The first-order valence-corrected chi connectivity index (χ1v) is 7.83. The van der Waals surface area contributed by atoms with E-state index < -0.39 is 11.5 Å². The van der Waals surface area contributed by atoms with Crippen LogP contribution in [0.25, 0.3) is 0 Å². The van der Waals surface area contributed by atoms with E-state index in [1.54, 1.807) is 11.4 Å². The molecule has 0 radical (unpaired) electrons. The lowest BCUT2D eigenvalue weighted by Crippen LogP contribution is -2.53. The van der Waals surface area contributed by atoms with Crippen LogP contribution in [0.1, 0.15) is 29.6 Å². The van der Waals surface area contributed by atoms with Gasteiger partial charge in [-0.1, -0.05) is 0 Å². The molecule has 7 heteroatoms. The summed E-state index contributed by atoms with van der Waals surface area (Å²) in [7, 11) is 0. The van der Waals surface area contributed by atoms with Crippen LogP contribution in [0.3, 0.4) is 0 Å². The van der Waals surface area contributed by atoms with Crippen molar-refractivity contribution in [3.8, 4) is 0 Å². The Morgan fingerprint density at radius 1 is 1.47 bits per heavy atom. The molecular weight excluding hydrogens is 381 g/mol. The predicted octanol–water partition coefficient (Wildman–Crippen LogP) is 2.11. The maximum atomic E-state index is 12.2. The van der Waals surface area contributed by atoms with Gasteiger partial charge in [-0.15, -0.1) is 11.3 Å². The Labute approximate surface area is 128 Å². The lowest BCUT2D eigenvalue weighted by atomic mass is 9.86. The van der Waals surface area contributed by atoms with Crippen molar-refractivity contribution in [2.75, 3.05) is 13.2 Å². The van der Waals surface area contributed by atoms with Crippen LogP contribution in [0.4, 0.5) is 0 Å². The number of carbonyl (C=O) groups excluding carboxylic acids is 1. The highest BCUT2D eigenvalue weighted by molar-refractivity contribution is 14.1. The molecule has 0 bridgehead atoms. The second-order valence-corrected chi connectivity index (χ2v) is 7.36. The number of carboxylic acid groups (broad SMARTS) is 1. The molecule has 0 aromatic carbocycles. The van der Waals surface area contributed by atoms with Gasteiger partial charge in [-0.2, -0.15) is 0 Å². The van der Waals surface area contributed by atoms with Crippen LogP contribution >= 0.6 is 33.9 Å². The number of ether oxygens (including phenoxy) is 1. The van der Waals surface area contributed by atoms with Crippen LogP contribution in [0.5, 0.6) is 0 Å². The van der Waals surface area contributed by atoms with Gasteiger partial charge in [0.15, 0.2) is 0 Å². The molecule has 2 heterocycles. The van der Waals surface area contributed by atoms with Crippen molar-refractivity contribution in [2.24, 2.45) is 0 Å². The fourth-order valence-electron chi connectivity index (χ4n) is 2.14. The number of hydrogen-bond acceptors (Lipinski definition) is 4. The topological polar surface area (TPSA) is 75.6 Å². The normalized spacial score (nSPS) is 17.9. The van der Waals surface area contributed by atoms with Gasteiger partial charge in [0.05, 0.1) is 20.4 Å². The van der Waals surface area contributed by atoms with Crippen LogP contribution in [0, 0.1) is 2.88 Å². The summed E-state index contributed by atoms with van der Waals surface area (Å²) in [4.78, 5) is 23.2. The molecule has 0 unspecified atom stereocenters. The van der Waals surface area contributed by atoms with Crippen molar-refractivity contribution in [3.63, 3.8) is 0 Å². The van der Waals surface area contributed by atoms with E-state index in [-0.39, 0.29) is 12.3 Å². The highest BCUT2D eigenvalue weighted by Crippen LogP contribution is 2.26. The SMILES string of the molecule is O=C(O)CC1(NC(=O)c2csc(I)c2)CCOCC1. The molecule has 1 aliphatic rings. The monoisotopic (exact) mass is 395 g/mol. The standard InChI is InChI=1S/C12H14INO4S/c13-9-5-8(7-19-9)11(17)14-12(6-10(15)16)1-3-18-4-2-12/h5,7H,1-4,6H2,(H,14,17)(H,15,16). The molecule has 2 N–H and O–H groups in total. The molecule has 0 atom stereocenters. The molecule has 1 amide bonds. The van der Waals surface area contributed by atoms with Crippen molar-refractivity contribution >= 4 is 45.8 Å². The minimum absolute atomic E-state index is 0.0661. The van der Waals surface area contributed by atoms with Gasteiger partial charge >= 0.3 is 5.97 Å².